The summed E-state index contributed by atoms with van der Waals surface area (Å²) in [5.41, 5.74) is 2.39. The summed E-state index contributed by atoms with van der Waals surface area (Å²) in [5, 5.41) is 6.89. The van der Waals surface area contributed by atoms with Gasteiger partial charge in [-0.25, -0.2) is 0 Å². The van der Waals surface area contributed by atoms with E-state index in [-0.39, 0.29) is 0 Å². The van der Waals surface area contributed by atoms with Gasteiger partial charge < -0.3 is 25.2 Å². The molecule has 2 N–H and O–H groups in total. The number of ether oxygens (including phenoxy) is 1. The molecule has 0 unspecified atom stereocenters. The van der Waals surface area contributed by atoms with Gasteiger partial charge in [0.15, 0.2) is 5.96 Å². The Balaban J connectivity index is 1.74. The SMILES string of the molecule is CN=C(NCCCN1CCCN(C)CC1)NCc1ccc(C)cc1OCCC(C)C. The predicted octanol–water partition coefficient (Wildman–Crippen LogP) is 3.11. The maximum atomic E-state index is 6.07. The average molecular weight is 418 g/mol. The number of aryl methyl sites for hydroxylation is 1. The smallest absolute Gasteiger partial charge is 0.191 e. The van der Waals surface area contributed by atoms with E-state index in [9.17, 15) is 0 Å². The highest BCUT2D eigenvalue weighted by atomic mass is 16.5. The summed E-state index contributed by atoms with van der Waals surface area (Å²) < 4.78 is 6.07. The van der Waals surface area contributed by atoms with Gasteiger partial charge in [-0.1, -0.05) is 26.0 Å². The van der Waals surface area contributed by atoms with Crippen molar-refractivity contribution in [2.75, 3.05) is 60.0 Å². The normalized spacial score (nSPS) is 16.5. The Morgan fingerprint density at radius 3 is 2.77 bits per heavy atom. The summed E-state index contributed by atoms with van der Waals surface area (Å²) >= 11 is 0. The molecule has 0 amide bonds. The Kier molecular flexibility index (Phi) is 11.0. The van der Waals surface area contributed by atoms with Crippen LogP contribution in [0.15, 0.2) is 23.2 Å². The van der Waals surface area contributed by atoms with Crippen molar-refractivity contribution in [3.63, 3.8) is 0 Å². The molecule has 0 bridgehead atoms. The second kappa shape index (κ2) is 13.5. The third kappa shape index (κ3) is 9.35. The van der Waals surface area contributed by atoms with Gasteiger partial charge >= 0.3 is 0 Å². The Labute approximate surface area is 184 Å². The first kappa shape index (κ1) is 24.5. The van der Waals surface area contributed by atoms with Crippen LogP contribution in [0.1, 0.15) is 44.2 Å². The van der Waals surface area contributed by atoms with Crippen molar-refractivity contribution in [3.8, 4) is 5.75 Å². The Hall–Kier alpha value is -1.79. The molecule has 0 aromatic heterocycles. The number of likely N-dealkylation sites (N-methyl/N-ethyl adjacent to an activating group) is 1. The molecule has 0 spiro atoms. The van der Waals surface area contributed by atoms with Crippen LogP contribution >= 0.6 is 0 Å². The zero-order valence-corrected chi connectivity index (χ0v) is 19.8. The topological polar surface area (TPSA) is 52.1 Å². The van der Waals surface area contributed by atoms with E-state index in [1.54, 1.807) is 0 Å². The molecule has 6 nitrogen and oxygen atoms in total. The third-order valence-corrected chi connectivity index (χ3v) is 5.60. The molecule has 6 heteroatoms. The van der Waals surface area contributed by atoms with Gasteiger partial charge in [-0.3, -0.25) is 4.99 Å². The number of guanidine groups is 1. The van der Waals surface area contributed by atoms with E-state index in [0.29, 0.717) is 12.5 Å². The van der Waals surface area contributed by atoms with Crippen LogP contribution in [0.4, 0.5) is 0 Å². The fourth-order valence-corrected chi connectivity index (χ4v) is 3.58. The van der Waals surface area contributed by atoms with Gasteiger partial charge in [0.2, 0.25) is 0 Å². The number of aliphatic imine (C=N–C) groups is 1. The van der Waals surface area contributed by atoms with Gasteiger partial charge in [0, 0.05) is 38.8 Å². The molecule has 1 aliphatic heterocycles. The van der Waals surface area contributed by atoms with Gasteiger partial charge in [-0.15, -0.1) is 0 Å². The molecule has 0 atom stereocenters. The lowest BCUT2D eigenvalue weighted by Crippen LogP contribution is -2.38. The summed E-state index contributed by atoms with van der Waals surface area (Å²) in [6, 6.07) is 6.42. The van der Waals surface area contributed by atoms with E-state index in [1.807, 2.05) is 7.05 Å². The number of hydrogen-bond acceptors (Lipinski definition) is 4. The Morgan fingerprint density at radius 1 is 1.17 bits per heavy atom. The number of hydrogen-bond donors (Lipinski definition) is 2. The highest BCUT2D eigenvalue weighted by Gasteiger charge is 2.11. The number of benzene rings is 1. The molecule has 0 aliphatic carbocycles. The molecular formula is C24H43N5O. The van der Waals surface area contributed by atoms with E-state index in [1.165, 1.54) is 43.7 Å². The quantitative estimate of drug-likeness (QED) is 0.348. The molecule has 30 heavy (non-hydrogen) atoms. The van der Waals surface area contributed by atoms with E-state index < -0.39 is 0 Å². The predicted molar refractivity (Wildman–Crippen MR) is 128 cm³/mol. The molecule has 1 heterocycles. The summed E-state index contributed by atoms with van der Waals surface area (Å²) in [5.74, 6) is 2.47. The molecule has 2 rings (SSSR count). The van der Waals surface area contributed by atoms with Crippen LogP contribution in [-0.4, -0.2) is 75.7 Å². The second-order valence-electron chi connectivity index (χ2n) is 8.85. The third-order valence-electron chi connectivity index (χ3n) is 5.60. The maximum absolute atomic E-state index is 6.07. The van der Waals surface area contributed by atoms with Crippen molar-refractivity contribution < 1.29 is 4.74 Å². The zero-order chi connectivity index (χ0) is 21.8. The van der Waals surface area contributed by atoms with Crippen LogP contribution in [-0.2, 0) is 6.54 Å². The zero-order valence-electron chi connectivity index (χ0n) is 19.8. The van der Waals surface area contributed by atoms with Crippen LogP contribution in [0.5, 0.6) is 5.75 Å². The lowest BCUT2D eigenvalue weighted by Gasteiger charge is -2.20. The fraction of sp³-hybridized carbons (Fsp3) is 0.708. The summed E-state index contributed by atoms with van der Waals surface area (Å²) in [6.45, 7) is 14.9. The Bertz CT molecular complexity index is 646. The van der Waals surface area contributed by atoms with Crippen LogP contribution in [0.3, 0.4) is 0 Å². The molecule has 170 valence electrons. The van der Waals surface area contributed by atoms with Crippen LogP contribution in [0.25, 0.3) is 0 Å². The molecule has 1 fully saturated rings. The fourth-order valence-electron chi connectivity index (χ4n) is 3.58. The van der Waals surface area contributed by atoms with Crippen molar-refractivity contribution in [1.29, 1.82) is 0 Å². The lowest BCUT2D eigenvalue weighted by molar-refractivity contribution is 0.274. The lowest BCUT2D eigenvalue weighted by atomic mass is 10.1. The van der Waals surface area contributed by atoms with Gasteiger partial charge in [-0.05, 0) is 70.4 Å². The molecule has 0 radical (unpaired) electrons. The highest BCUT2D eigenvalue weighted by molar-refractivity contribution is 5.79. The Morgan fingerprint density at radius 2 is 2.00 bits per heavy atom. The summed E-state index contributed by atoms with van der Waals surface area (Å²) in [6.07, 6.45) is 3.46. The van der Waals surface area contributed by atoms with Crippen LogP contribution in [0.2, 0.25) is 0 Å². The molecule has 1 saturated heterocycles. The van der Waals surface area contributed by atoms with Gasteiger partial charge in [0.1, 0.15) is 5.75 Å². The number of nitrogens with one attached hydrogen (secondary N) is 2. The minimum Gasteiger partial charge on any atom is -0.493 e. The van der Waals surface area contributed by atoms with E-state index >= 15 is 0 Å². The average Bonchev–Trinajstić information content (AvgIpc) is 2.92. The molecular weight excluding hydrogens is 374 g/mol. The van der Waals surface area contributed by atoms with Crippen LogP contribution in [0, 0.1) is 12.8 Å². The van der Waals surface area contributed by atoms with E-state index in [4.69, 9.17) is 4.74 Å². The maximum Gasteiger partial charge on any atom is 0.191 e. The van der Waals surface area contributed by atoms with E-state index in [0.717, 1.165) is 44.2 Å². The first-order chi connectivity index (χ1) is 14.5. The van der Waals surface area contributed by atoms with Crippen molar-refractivity contribution in [1.82, 2.24) is 20.4 Å². The summed E-state index contributed by atoms with van der Waals surface area (Å²) in [4.78, 5) is 9.38. The van der Waals surface area contributed by atoms with Crippen molar-refractivity contribution in [3.05, 3.63) is 29.3 Å². The van der Waals surface area contributed by atoms with Gasteiger partial charge in [0.05, 0.1) is 6.61 Å². The minimum absolute atomic E-state index is 0.648. The largest absolute Gasteiger partial charge is 0.493 e. The minimum atomic E-state index is 0.648. The molecule has 0 saturated carbocycles. The standard InChI is InChI=1S/C24H43N5O/c1-20(2)10-17-30-23-18-21(3)8-9-22(23)19-27-24(25-4)26-11-6-13-29-14-7-12-28(5)15-16-29/h8-9,18,20H,6-7,10-17,19H2,1-5H3,(H2,25,26,27). The highest BCUT2D eigenvalue weighted by Crippen LogP contribution is 2.21. The second-order valence-corrected chi connectivity index (χ2v) is 8.85. The van der Waals surface area contributed by atoms with Crippen LogP contribution < -0.4 is 15.4 Å². The van der Waals surface area contributed by atoms with Crippen molar-refractivity contribution in [2.45, 2.75) is 46.6 Å². The first-order valence-electron chi connectivity index (χ1n) is 11.6. The van der Waals surface area contributed by atoms with Gasteiger partial charge in [-0.2, -0.15) is 0 Å². The van der Waals surface area contributed by atoms with Gasteiger partial charge in [0.25, 0.3) is 0 Å². The van der Waals surface area contributed by atoms with E-state index in [2.05, 4.69) is 71.4 Å². The monoisotopic (exact) mass is 417 g/mol. The van der Waals surface area contributed by atoms with Crippen molar-refractivity contribution >= 4 is 5.96 Å². The first-order valence-corrected chi connectivity index (χ1v) is 11.6. The molecule has 1 aromatic carbocycles. The van der Waals surface area contributed by atoms with Crippen molar-refractivity contribution in [2.24, 2.45) is 10.9 Å². The number of rotatable bonds is 10. The number of nitrogens with zero attached hydrogens (tertiary/aromatic N) is 3. The molecule has 1 aliphatic rings. The summed E-state index contributed by atoms with van der Waals surface area (Å²) in [7, 11) is 4.05. The molecule has 1 aromatic rings.